The summed E-state index contributed by atoms with van der Waals surface area (Å²) in [6.07, 6.45) is 0.748. The van der Waals surface area contributed by atoms with E-state index < -0.39 is 0 Å². The Labute approximate surface area is 92.8 Å². The summed E-state index contributed by atoms with van der Waals surface area (Å²) in [7, 11) is 0. The minimum absolute atomic E-state index is 0.0795. The number of nitrogens with one attached hydrogen (secondary N) is 2. The molecule has 0 bridgehead atoms. The largest absolute Gasteiger partial charge is 0.377 e. The number of carbonyl (C=O) groups is 1. The summed E-state index contributed by atoms with van der Waals surface area (Å²) >= 11 is 0. The molecule has 4 nitrogen and oxygen atoms in total. The van der Waals surface area contributed by atoms with Gasteiger partial charge < -0.3 is 15.4 Å². The maximum Gasteiger partial charge on any atom is 0.221 e. The fourth-order valence-corrected chi connectivity index (χ4v) is 1.26. The van der Waals surface area contributed by atoms with E-state index in [1.807, 2.05) is 27.7 Å². The molecule has 1 atom stereocenters. The van der Waals surface area contributed by atoms with E-state index >= 15 is 0 Å². The predicted molar refractivity (Wildman–Crippen MR) is 61.9 cm³/mol. The van der Waals surface area contributed by atoms with Gasteiger partial charge in [-0.3, -0.25) is 4.79 Å². The first-order valence-electron chi connectivity index (χ1n) is 5.68. The molecule has 0 aromatic heterocycles. The second-order valence-corrected chi connectivity index (χ2v) is 3.93. The highest BCUT2D eigenvalue weighted by Gasteiger charge is 2.06. The summed E-state index contributed by atoms with van der Waals surface area (Å²) in [5.41, 5.74) is 0. The third-order valence-corrected chi connectivity index (χ3v) is 1.92. The number of carbonyl (C=O) groups excluding carboxylic acids is 1. The smallest absolute Gasteiger partial charge is 0.221 e. The van der Waals surface area contributed by atoms with Crippen molar-refractivity contribution in [2.24, 2.45) is 0 Å². The molecule has 0 spiro atoms. The van der Waals surface area contributed by atoms with Crippen LogP contribution in [0, 0.1) is 0 Å². The molecule has 0 aromatic rings. The molecule has 0 saturated carbocycles. The van der Waals surface area contributed by atoms with E-state index in [-0.39, 0.29) is 18.1 Å². The zero-order valence-corrected chi connectivity index (χ0v) is 10.3. The molecule has 0 aliphatic carbocycles. The van der Waals surface area contributed by atoms with Crippen LogP contribution in [0.25, 0.3) is 0 Å². The van der Waals surface area contributed by atoms with E-state index in [9.17, 15) is 4.79 Å². The van der Waals surface area contributed by atoms with Crippen molar-refractivity contribution in [1.82, 2.24) is 10.6 Å². The fraction of sp³-hybridized carbons (Fsp3) is 0.909. The lowest BCUT2D eigenvalue weighted by molar-refractivity contribution is -0.121. The lowest BCUT2D eigenvalue weighted by atomic mass is 10.2. The number of rotatable bonds is 8. The maximum absolute atomic E-state index is 11.4. The molecule has 1 amide bonds. The molecule has 0 radical (unpaired) electrons. The molecule has 0 aliphatic heterocycles. The fourth-order valence-electron chi connectivity index (χ4n) is 1.26. The molecular weight excluding hydrogens is 192 g/mol. The Morgan fingerprint density at radius 3 is 2.53 bits per heavy atom. The van der Waals surface area contributed by atoms with E-state index in [0.29, 0.717) is 19.6 Å². The summed E-state index contributed by atoms with van der Waals surface area (Å²) in [4.78, 5) is 11.4. The number of hydrogen-bond acceptors (Lipinski definition) is 3. The molecule has 4 heteroatoms. The molecule has 90 valence electrons. The van der Waals surface area contributed by atoms with E-state index in [1.54, 1.807) is 0 Å². The number of amides is 1. The van der Waals surface area contributed by atoms with Crippen LogP contribution in [-0.4, -0.2) is 37.7 Å². The van der Waals surface area contributed by atoms with Crippen molar-refractivity contribution in [2.45, 2.75) is 46.3 Å². The van der Waals surface area contributed by atoms with Gasteiger partial charge in [-0.05, 0) is 27.3 Å². The van der Waals surface area contributed by atoms with Gasteiger partial charge in [-0.1, -0.05) is 6.92 Å². The normalized spacial score (nSPS) is 12.9. The van der Waals surface area contributed by atoms with Crippen LogP contribution < -0.4 is 10.6 Å². The van der Waals surface area contributed by atoms with E-state index in [4.69, 9.17) is 4.74 Å². The SMILES string of the molecule is CCNC(C)CC(=O)NCCOC(C)C. The second-order valence-electron chi connectivity index (χ2n) is 3.93. The monoisotopic (exact) mass is 216 g/mol. The third kappa shape index (κ3) is 9.69. The summed E-state index contributed by atoms with van der Waals surface area (Å²) in [5.74, 6) is 0.0795. The topological polar surface area (TPSA) is 50.4 Å². The van der Waals surface area contributed by atoms with Crippen LogP contribution in [0.4, 0.5) is 0 Å². The Morgan fingerprint density at radius 2 is 2.00 bits per heavy atom. The van der Waals surface area contributed by atoms with Gasteiger partial charge in [-0.15, -0.1) is 0 Å². The van der Waals surface area contributed by atoms with Gasteiger partial charge in [0, 0.05) is 19.0 Å². The predicted octanol–water partition coefficient (Wildman–Crippen LogP) is 0.916. The molecule has 0 fully saturated rings. The standard InChI is InChI=1S/C11H24N2O2/c1-5-12-10(4)8-11(14)13-6-7-15-9(2)3/h9-10,12H,5-8H2,1-4H3,(H,13,14). The van der Waals surface area contributed by atoms with Gasteiger partial charge >= 0.3 is 0 Å². The molecule has 2 N–H and O–H groups in total. The Kier molecular flexibility index (Phi) is 8.33. The third-order valence-electron chi connectivity index (χ3n) is 1.92. The Hall–Kier alpha value is -0.610. The summed E-state index contributed by atoms with van der Waals surface area (Å²) in [5, 5.41) is 6.02. The maximum atomic E-state index is 11.4. The lowest BCUT2D eigenvalue weighted by Gasteiger charge is -2.12. The average molecular weight is 216 g/mol. The zero-order chi connectivity index (χ0) is 11.7. The van der Waals surface area contributed by atoms with Crippen LogP contribution in [0.1, 0.15) is 34.1 Å². The van der Waals surface area contributed by atoms with Gasteiger partial charge in [0.1, 0.15) is 0 Å². The molecule has 0 heterocycles. The Balaban J connectivity index is 3.40. The summed E-state index contributed by atoms with van der Waals surface area (Å²) < 4.78 is 5.31. The van der Waals surface area contributed by atoms with Gasteiger partial charge in [0.05, 0.1) is 12.7 Å². The minimum Gasteiger partial charge on any atom is -0.377 e. The van der Waals surface area contributed by atoms with Crippen molar-refractivity contribution in [3.63, 3.8) is 0 Å². The van der Waals surface area contributed by atoms with Crippen molar-refractivity contribution in [1.29, 1.82) is 0 Å². The minimum atomic E-state index is 0.0795. The van der Waals surface area contributed by atoms with Crippen LogP contribution in [0.5, 0.6) is 0 Å². The highest BCUT2D eigenvalue weighted by molar-refractivity contribution is 5.76. The molecule has 0 aromatic carbocycles. The van der Waals surface area contributed by atoms with Gasteiger partial charge in [0.15, 0.2) is 0 Å². The number of hydrogen-bond donors (Lipinski definition) is 2. The number of ether oxygens (including phenoxy) is 1. The van der Waals surface area contributed by atoms with Crippen LogP contribution in [0.2, 0.25) is 0 Å². The molecule has 15 heavy (non-hydrogen) atoms. The molecule has 0 rings (SSSR count). The lowest BCUT2D eigenvalue weighted by Crippen LogP contribution is -2.35. The van der Waals surface area contributed by atoms with Crippen LogP contribution in [0.3, 0.4) is 0 Å². The van der Waals surface area contributed by atoms with E-state index in [1.165, 1.54) is 0 Å². The Morgan fingerprint density at radius 1 is 1.33 bits per heavy atom. The first kappa shape index (κ1) is 14.4. The summed E-state index contributed by atoms with van der Waals surface area (Å²) in [6.45, 7) is 10.1. The average Bonchev–Trinajstić information content (AvgIpc) is 2.12. The van der Waals surface area contributed by atoms with Gasteiger partial charge in [0.2, 0.25) is 5.91 Å². The quantitative estimate of drug-likeness (QED) is 0.593. The van der Waals surface area contributed by atoms with Crippen molar-refractivity contribution in [3.8, 4) is 0 Å². The van der Waals surface area contributed by atoms with Gasteiger partial charge in [-0.2, -0.15) is 0 Å². The van der Waals surface area contributed by atoms with Crippen LogP contribution >= 0.6 is 0 Å². The van der Waals surface area contributed by atoms with E-state index in [0.717, 1.165) is 6.54 Å². The summed E-state index contributed by atoms with van der Waals surface area (Å²) in [6, 6.07) is 0.237. The first-order valence-corrected chi connectivity index (χ1v) is 5.68. The van der Waals surface area contributed by atoms with Crippen molar-refractivity contribution in [2.75, 3.05) is 19.7 Å². The van der Waals surface area contributed by atoms with Crippen molar-refractivity contribution in [3.05, 3.63) is 0 Å². The highest BCUT2D eigenvalue weighted by atomic mass is 16.5. The molecule has 0 saturated heterocycles. The molecule has 0 aliphatic rings. The Bertz CT molecular complexity index is 172. The molecule has 1 unspecified atom stereocenters. The highest BCUT2D eigenvalue weighted by Crippen LogP contribution is 1.90. The van der Waals surface area contributed by atoms with E-state index in [2.05, 4.69) is 10.6 Å². The van der Waals surface area contributed by atoms with Crippen molar-refractivity contribution >= 4 is 5.91 Å². The van der Waals surface area contributed by atoms with Crippen molar-refractivity contribution < 1.29 is 9.53 Å². The molecular formula is C11H24N2O2. The first-order chi connectivity index (χ1) is 7.06. The van der Waals surface area contributed by atoms with Gasteiger partial charge in [0.25, 0.3) is 0 Å². The zero-order valence-electron chi connectivity index (χ0n) is 10.3. The van der Waals surface area contributed by atoms with Crippen LogP contribution in [-0.2, 0) is 9.53 Å². The second kappa shape index (κ2) is 8.68. The van der Waals surface area contributed by atoms with Gasteiger partial charge in [-0.25, -0.2) is 0 Å². The van der Waals surface area contributed by atoms with Crippen LogP contribution in [0.15, 0.2) is 0 Å².